The third kappa shape index (κ3) is 3.78. The van der Waals surface area contributed by atoms with Crippen LogP contribution in [-0.4, -0.2) is 21.3 Å². The predicted octanol–water partition coefficient (Wildman–Crippen LogP) is 4.57. The number of Topliss-reactive ketones (excluding diaryl/α,β-unsaturated/α-hetero) is 1. The van der Waals surface area contributed by atoms with E-state index >= 15 is 0 Å². The molecule has 106 valence electrons. The maximum absolute atomic E-state index is 12.3. The van der Waals surface area contributed by atoms with E-state index in [4.69, 9.17) is 23.2 Å². The molecule has 0 amide bonds. The van der Waals surface area contributed by atoms with Gasteiger partial charge in [-0.2, -0.15) is 5.10 Å². The summed E-state index contributed by atoms with van der Waals surface area (Å²) in [5.41, 5.74) is 0.489. The summed E-state index contributed by atoms with van der Waals surface area (Å²) in [6.45, 7) is 2.72. The quantitative estimate of drug-likeness (QED) is 0.575. The lowest BCUT2D eigenvalue weighted by Crippen LogP contribution is -2.12. The van der Waals surface area contributed by atoms with Crippen molar-refractivity contribution in [3.8, 4) is 0 Å². The Bertz CT molecular complexity index is 613. The van der Waals surface area contributed by atoms with Gasteiger partial charge in [-0.25, -0.2) is 0 Å². The molecule has 3 nitrogen and oxygen atoms in total. The normalized spacial score (nSPS) is 10.8. The van der Waals surface area contributed by atoms with Crippen LogP contribution in [0.5, 0.6) is 0 Å². The van der Waals surface area contributed by atoms with Gasteiger partial charge in [0.05, 0.1) is 17.0 Å². The smallest absolute Gasteiger partial charge is 0.192 e. The Morgan fingerprint density at radius 1 is 1.40 bits per heavy atom. The molecule has 0 saturated carbocycles. The number of nitrogens with zero attached hydrogens (tertiary/aromatic N) is 2. The Labute approximate surface area is 132 Å². The molecule has 0 aliphatic heterocycles. The minimum Gasteiger partial charge on any atom is -0.291 e. The van der Waals surface area contributed by atoms with Gasteiger partial charge in [-0.1, -0.05) is 36.2 Å². The van der Waals surface area contributed by atoms with Crippen molar-refractivity contribution >= 4 is 40.7 Å². The SMILES string of the molecule is CCCn1ncc(Cl)c1C(=O)CSc1cccc(Cl)c1. The van der Waals surface area contributed by atoms with Gasteiger partial charge in [0.2, 0.25) is 0 Å². The number of carbonyl (C=O) groups is 1. The molecule has 0 spiro atoms. The average molecular weight is 329 g/mol. The van der Waals surface area contributed by atoms with Crippen molar-refractivity contribution in [3.63, 3.8) is 0 Å². The molecule has 1 aromatic carbocycles. The number of aryl methyl sites for hydroxylation is 1. The van der Waals surface area contributed by atoms with Crippen molar-refractivity contribution < 1.29 is 4.79 Å². The lowest BCUT2D eigenvalue weighted by atomic mass is 10.3. The van der Waals surface area contributed by atoms with Gasteiger partial charge in [0.25, 0.3) is 0 Å². The highest BCUT2D eigenvalue weighted by Gasteiger charge is 2.17. The summed E-state index contributed by atoms with van der Waals surface area (Å²) in [7, 11) is 0. The Kier molecular flexibility index (Phi) is 5.52. The second kappa shape index (κ2) is 7.16. The Morgan fingerprint density at radius 3 is 2.90 bits per heavy atom. The first kappa shape index (κ1) is 15.4. The van der Waals surface area contributed by atoms with Crippen LogP contribution in [0.3, 0.4) is 0 Å². The third-order valence-electron chi connectivity index (χ3n) is 2.66. The lowest BCUT2D eigenvalue weighted by molar-refractivity contribution is 0.101. The van der Waals surface area contributed by atoms with Crippen molar-refractivity contribution in [1.82, 2.24) is 9.78 Å². The zero-order chi connectivity index (χ0) is 14.5. The number of aromatic nitrogens is 2. The second-order valence-electron chi connectivity index (χ2n) is 4.23. The molecule has 0 aliphatic carbocycles. The van der Waals surface area contributed by atoms with Crippen LogP contribution in [0.25, 0.3) is 0 Å². The second-order valence-corrected chi connectivity index (χ2v) is 6.13. The van der Waals surface area contributed by atoms with E-state index in [1.54, 1.807) is 10.7 Å². The zero-order valence-electron chi connectivity index (χ0n) is 11.0. The molecule has 2 rings (SSSR count). The summed E-state index contributed by atoms with van der Waals surface area (Å²) in [4.78, 5) is 13.2. The van der Waals surface area contributed by atoms with Crippen molar-refractivity contribution in [2.24, 2.45) is 0 Å². The molecule has 0 aliphatic rings. The number of carbonyl (C=O) groups excluding carboxylic acids is 1. The van der Waals surface area contributed by atoms with E-state index in [9.17, 15) is 4.79 Å². The molecule has 0 saturated heterocycles. The molecular weight excluding hydrogens is 315 g/mol. The molecule has 1 aromatic heterocycles. The number of hydrogen-bond donors (Lipinski definition) is 0. The summed E-state index contributed by atoms with van der Waals surface area (Å²) in [6.07, 6.45) is 2.42. The fourth-order valence-electron chi connectivity index (χ4n) is 1.80. The van der Waals surface area contributed by atoms with Crippen molar-refractivity contribution in [3.05, 3.63) is 46.2 Å². The van der Waals surface area contributed by atoms with Crippen LogP contribution in [0.15, 0.2) is 35.4 Å². The minimum absolute atomic E-state index is 0.0223. The lowest BCUT2D eigenvalue weighted by Gasteiger charge is -2.06. The summed E-state index contributed by atoms with van der Waals surface area (Å²) < 4.78 is 1.67. The van der Waals surface area contributed by atoms with E-state index in [0.717, 1.165) is 11.3 Å². The molecule has 0 N–H and O–H groups in total. The molecule has 6 heteroatoms. The summed E-state index contributed by atoms with van der Waals surface area (Å²) in [5, 5.41) is 5.20. The third-order valence-corrected chi connectivity index (χ3v) is 4.17. The van der Waals surface area contributed by atoms with E-state index in [0.29, 0.717) is 28.0 Å². The Balaban J connectivity index is 2.07. The predicted molar refractivity (Wildman–Crippen MR) is 84.0 cm³/mol. The molecule has 0 fully saturated rings. The largest absolute Gasteiger partial charge is 0.291 e. The first-order chi connectivity index (χ1) is 9.61. The van der Waals surface area contributed by atoms with Gasteiger partial charge in [0, 0.05) is 16.5 Å². The first-order valence-corrected chi connectivity index (χ1v) is 7.99. The summed E-state index contributed by atoms with van der Waals surface area (Å²) >= 11 is 13.4. The van der Waals surface area contributed by atoms with Gasteiger partial charge in [0.1, 0.15) is 5.69 Å². The van der Waals surface area contributed by atoms with Crippen LogP contribution >= 0.6 is 35.0 Å². The minimum atomic E-state index is -0.0223. The number of ketones is 1. The Morgan fingerprint density at radius 2 is 2.20 bits per heavy atom. The standard InChI is InChI=1S/C14H14Cl2N2OS/c1-2-6-18-14(12(16)8-17-18)13(19)9-20-11-5-3-4-10(15)7-11/h3-5,7-8H,2,6,9H2,1H3. The van der Waals surface area contributed by atoms with E-state index in [2.05, 4.69) is 5.10 Å². The van der Waals surface area contributed by atoms with Gasteiger partial charge in [0.15, 0.2) is 5.78 Å². The summed E-state index contributed by atoms with van der Waals surface area (Å²) in [5.74, 6) is 0.293. The summed E-state index contributed by atoms with van der Waals surface area (Å²) in [6, 6.07) is 7.43. The molecule has 0 bridgehead atoms. The fourth-order valence-corrected chi connectivity index (χ4v) is 3.12. The topological polar surface area (TPSA) is 34.9 Å². The maximum Gasteiger partial charge on any atom is 0.192 e. The molecule has 20 heavy (non-hydrogen) atoms. The van der Waals surface area contributed by atoms with Crippen LogP contribution in [0.2, 0.25) is 10.0 Å². The van der Waals surface area contributed by atoms with Crippen LogP contribution in [0.4, 0.5) is 0 Å². The van der Waals surface area contributed by atoms with Gasteiger partial charge < -0.3 is 0 Å². The molecule has 1 heterocycles. The number of halogens is 2. The Hall–Kier alpha value is -0.970. The average Bonchev–Trinajstić information content (AvgIpc) is 2.78. The highest BCUT2D eigenvalue weighted by atomic mass is 35.5. The van der Waals surface area contributed by atoms with Crippen LogP contribution in [-0.2, 0) is 6.54 Å². The highest BCUT2D eigenvalue weighted by molar-refractivity contribution is 8.00. The van der Waals surface area contributed by atoms with Crippen LogP contribution in [0, 0.1) is 0 Å². The van der Waals surface area contributed by atoms with Crippen LogP contribution < -0.4 is 0 Å². The number of rotatable bonds is 6. The van der Waals surface area contributed by atoms with Crippen molar-refractivity contribution in [2.75, 3.05) is 5.75 Å². The van der Waals surface area contributed by atoms with Crippen LogP contribution in [0.1, 0.15) is 23.8 Å². The first-order valence-electron chi connectivity index (χ1n) is 6.24. The van der Waals surface area contributed by atoms with Crippen molar-refractivity contribution in [1.29, 1.82) is 0 Å². The molecule has 0 radical (unpaired) electrons. The molecule has 0 atom stereocenters. The van der Waals surface area contributed by atoms with Gasteiger partial charge in [-0.15, -0.1) is 11.8 Å². The van der Waals surface area contributed by atoms with E-state index in [-0.39, 0.29) is 5.78 Å². The zero-order valence-corrected chi connectivity index (χ0v) is 13.3. The highest BCUT2D eigenvalue weighted by Crippen LogP contribution is 2.24. The number of thioether (sulfide) groups is 1. The monoisotopic (exact) mass is 328 g/mol. The fraction of sp³-hybridized carbons (Fsp3) is 0.286. The maximum atomic E-state index is 12.3. The van der Waals surface area contributed by atoms with E-state index in [1.165, 1.54) is 18.0 Å². The number of benzene rings is 1. The van der Waals surface area contributed by atoms with Gasteiger partial charge in [-0.3, -0.25) is 9.48 Å². The van der Waals surface area contributed by atoms with Gasteiger partial charge >= 0.3 is 0 Å². The van der Waals surface area contributed by atoms with Crippen molar-refractivity contribution in [2.45, 2.75) is 24.8 Å². The molecule has 2 aromatic rings. The van der Waals surface area contributed by atoms with Gasteiger partial charge in [-0.05, 0) is 24.6 Å². The molecule has 0 unspecified atom stereocenters. The number of hydrogen-bond acceptors (Lipinski definition) is 3. The molecular formula is C14H14Cl2N2OS. The van der Waals surface area contributed by atoms with E-state index in [1.807, 2.05) is 25.1 Å². The van der Waals surface area contributed by atoms with E-state index < -0.39 is 0 Å².